The van der Waals surface area contributed by atoms with Gasteiger partial charge in [-0.1, -0.05) is 0 Å². The Labute approximate surface area is 194 Å². The maximum Gasteiger partial charge on any atom is 0.336 e. The van der Waals surface area contributed by atoms with Crippen LogP contribution in [0.2, 0.25) is 0 Å². The van der Waals surface area contributed by atoms with E-state index in [0.29, 0.717) is 25.3 Å². The molecule has 0 aliphatic rings. The predicted octanol–water partition coefficient (Wildman–Crippen LogP) is 0.794. The third-order valence-electron chi connectivity index (χ3n) is 5.86. The van der Waals surface area contributed by atoms with Gasteiger partial charge in [0.15, 0.2) is 5.43 Å². The summed E-state index contributed by atoms with van der Waals surface area (Å²) < 4.78 is 2.51. The van der Waals surface area contributed by atoms with E-state index in [2.05, 4.69) is 5.32 Å². The number of anilines is 2. The fraction of sp³-hybridized carbons (Fsp3) is 0.348. The Balaban J connectivity index is 2.14. The topological polar surface area (TPSA) is 126 Å². The lowest BCUT2D eigenvalue weighted by Crippen LogP contribution is -2.40. The van der Waals surface area contributed by atoms with Gasteiger partial charge in [-0.2, -0.15) is 0 Å². The van der Waals surface area contributed by atoms with E-state index in [9.17, 15) is 24.8 Å². The number of pyridine rings is 1. The minimum Gasteiger partial charge on any atom is -0.733 e. The summed E-state index contributed by atoms with van der Waals surface area (Å²) in [7, 11) is 7.53. The van der Waals surface area contributed by atoms with Crippen LogP contribution in [0.25, 0.3) is 27.2 Å². The van der Waals surface area contributed by atoms with Crippen molar-refractivity contribution in [2.45, 2.75) is 6.54 Å². The number of benzene rings is 2. The van der Waals surface area contributed by atoms with Gasteiger partial charge >= 0.3 is 5.69 Å². The summed E-state index contributed by atoms with van der Waals surface area (Å²) in [5.74, 6) is 0. The quantitative estimate of drug-likeness (QED) is 0.220. The highest BCUT2D eigenvalue weighted by atomic mass is 16.8. The Morgan fingerprint density at radius 3 is 2.32 bits per heavy atom. The van der Waals surface area contributed by atoms with Gasteiger partial charge in [-0.25, -0.2) is 4.79 Å². The van der Waals surface area contributed by atoms with Crippen LogP contribution >= 0.6 is 0 Å². The van der Waals surface area contributed by atoms with Crippen LogP contribution in [0.15, 0.2) is 44.7 Å². The molecule has 11 heteroatoms. The third kappa shape index (κ3) is 3.99. The smallest absolute Gasteiger partial charge is 0.336 e. The lowest BCUT2D eigenvalue weighted by molar-refractivity contribution is 0.296. The molecule has 0 saturated carbocycles. The normalized spacial score (nSPS) is 12.0. The van der Waals surface area contributed by atoms with E-state index in [1.54, 1.807) is 12.1 Å². The molecule has 0 aliphatic carbocycles. The molecule has 0 fully saturated rings. The predicted molar refractivity (Wildman–Crippen MR) is 134 cm³/mol. The van der Waals surface area contributed by atoms with Gasteiger partial charge in [0.2, 0.25) is 0 Å². The molecule has 2 aromatic carbocycles. The molecule has 0 radical (unpaired) electrons. The second-order valence-electron chi connectivity index (χ2n) is 8.80. The van der Waals surface area contributed by atoms with Gasteiger partial charge < -0.3 is 25.6 Å². The van der Waals surface area contributed by atoms with E-state index in [-0.39, 0.29) is 44.7 Å². The first-order chi connectivity index (χ1) is 16.1. The molecule has 0 aliphatic heterocycles. The lowest BCUT2D eigenvalue weighted by Gasteiger charge is -2.22. The lowest BCUT2D eigenvalue weighted by atomic mass is 10.0. The summed E-state index contributed by atoms with van der Waals surface area (Å²) >= 11 is 0. The fourth-order valence-electron chi connectivity index (χ4n) is 4.11. The van der Waals surface area contributed by atoms with E-state index in [0.717, 1.165) is 4.57 Å². The number of nitrogens with zero attached hydrogens (tertiary/aromatic N) is 5. The Morgan fingerprint density at radius 2 is 1.68 bits per heavy atom. The van der Waals surface area contributed by atoms with Crippen molar-refractivity contribution in [2.24, 2.45) is 0 Å². The van der Waals surface area contributed by atoms with Crippen LogP contribution in [-0.2, 0) is 6.54 Å². The molecule has 2 aromatic heterocycles. The maximum absolute atomic E-state index is 13.6. The van der Waals surface area contributed by atoms with Crippen LogP contribution in [0, 0.1) is 5.21 Å². The van der Waals surface area contributed by atoms with Crippen molar-refractivity contribution < 1.29 is 5.21 Å². The molecule has 0 unspecified atom stereocenters. The number of aromatic nitrogens is 2. The van der Waals surface area contributed by atoms with E-state index in [4.69, 9.17) is 0 Å². The Hall–Kier alpha value is -3.51. The Morgan fingerprint density at radius 1 is 0.971 bits per heavy atom. The van der Waals surface area contributed by atoms with Gasteiger partial charge in [-0.15, -0.1) is 0 Å². The van der Waals surface area contributed by atoms with Crippen LogP contribution in [0.3, 0.4) is 0 Å². The molecule has 0 spiro atoms. The third-order valence-corrected chi connectivity index (χ3v) is 5.86. The molecule has 180 valence electrons. The standard InChI is InChI=1S/C23H27N6O5/c1-25(2)10-9-24-17-7-6-15-20-19(17)21(30)16-13-14(29(33)34)5-8-18(16)28(20)23(32)27(22(15)31)12-11-26(3)4/h5-8,13,24,33H,9-12H2,1-4H3/q-1. The molecule has 4 rings (SSSR count). The molecule has 34 heavy (non-hydrogen) atoms. The molecule has 0 bridgehead atoms. The van der Waals surface area contributed by atoms with Crippen molar-refractivity contribution in [3.05, 3.63) is 66.6 Å². The van der Waals surface area contributed by atoms with Gasteiger partial charge in [0, 0.05) is 37.3 Å². The largest absolute Gasteiger partial charge is 0.733 e. The van der Waals surface area contributed by atoms with Crippen LogP contribution in [0.5, 0.6) is 0 Å². The molecule has 11 nitrogen and oxygen atoms in total. The van der Waals surface area contributed by atoms with Crippen molar-refractivity contribution in [3.63, 3.8) is 0 Å². The molecular formula is C23H27N6O5-. The zero-order chi connectivity index (χ0) is 24.7. The SMILES string of the molecule is CN(C)CCNc1ccc2c(=O)n(CCN(C)C)c(=O)n3c4ccc(N([O-])O)cc4c(=O)c1c23. The molecule has 4 aromatic rings. The highest BCUT2D eigenvalue weighted by Crippen LogP contribution is 2.28. The van der Waals surface area contributed by atoms with Crippen molar-refractivity contribution in [1.82, 2.24) is 18.8 Å². The van der Waals surface area contributed by atoms with E-state index in [1.165, 1.54) is 22.6 Å². The first-order valence-corrected chi connectivity index (χ1v) is 10.8. The minimum absolute atomic E-state index is 0.0861. The van der Waals surface area contributed by atoms with Crippen molar-refractivity contribution in [1.29, 1.82) is 0 Å². The highest BCUT2D eigenvalue weighted by Gasteiger charge is 2.21. The molecule has 2 heterocycles. The first kappa shape index (κ1) is 23.6. The minimum atomic E-state index is -0.574. The van der Waals surface area contributed by atoms with Crippen LogP contribution in [-0.4, -0.2) is 71.8 Å². The molecule has 2 N–H and O–H groups in total. The van der Waals surface area contributed by atoms with Gasteiger partial charge in [-0.3, -0.25) is 23.8 Å². The van der Waals surface area contributed by atoms with E-state index in [1.807, 2.05) is 38.0 Å². The fourth-order valence-corrected chi connectivity index (χ4v) is 4.11. The Kier molecular flexibility index (Phi) is 6.28. The number of rotatable bonds is 8. The second kappa shape index (κ2) is 9.03. The van der Waals surface area contributed by atoms with Gasteiger partial charge in [-0.05, 0) is 58.5 Å². The van der Waals surface area contributed by atoms with E-state index >= 15 is 0 Å². The van der Waals surface area contributed by atoms with E-state index < -0.39 is 16.7 Å². The highest BCUT2D eigenvalue weighted by molar-refractivity contribution is 6.07. The average Bonchev–Trinajstić information content (AvgIpc) is 2.77. The van der Waals surface area contributed by atoms with Crippen molar-refractivity contribution in [2.75, 3.05) is 58.4 Å². The summed E-state index contributed by atoms with van der Waals surface area (Å²) in [5, 5.41) is 24.3. The summed E-state index contributed by atoms with van der Waals surface area (Å²) in [4.78, 5) is 44.3. The number of fused-ring (bicyclic) bond motifs is 2. The molecule has 0 amide bonds. The number of hydrogen-bond acceptors (Lipinski definition) is 9. The maximum atomic E-state index is 13.6. The number of likely N-dealkylation sites (N-methyl/N-ethyl adjacent to an activating group) is 2. The van der Waals surface area contributed by atoms with Gasteiger partial charge in [0.05, 0.1) is 27.5 Å². The van der Waals surface area contributed by atoms with Crippen molar-refractivity contribution in [3.8, 4) is 0 Å². The summed E-state index contributed by atoms with van der Waals surface area (Å²) in [6.07, 6.45) is 0. The second-order valence-corrected chi connectivity index (χ2v) is 8.80. The van der Waals surface area contributed by atoms with Crippen LogP contribution < -0.4 is 27.2 Å². The van der Waals surface area contributed by atoms with Gasteiger partial charge in [0.25, 0.3) is 5.56 Å². The number of hydrogen-bond donors (Lipinski definition) is 2. The first-order valence-electron chi connectivity index (χ1n) is 10.8. The van der Waals surface area contributed by atoms with Gasteiger partial charge in [0.1, 0.15) is 0 Å². The zero-order valence-electron chi connectivity index (χ0n) is 19.5. The summed E-state index contributed by atoms with van der Waals surface area (Å²) in [5.41, 5.74) is -0.651. The average molecular weight is 468 g/mol. The van der Waals surface area contributed by atoms with Crippen LogP contribution in [0.4, 0.5) is 11.4 Å². The summed E-state index contributed by atoms with van der Waals surface area (Å²) in [6.45, 7) is 1.87. The molecule has 0 atom stereocenters. The van der Waals surface area contributed by atoms with Crippen molar-refractivity contribution >= 4 is 38.6 Å². The number of nitrogens with one attached hydrogen (secondary N) is 1. The monoisotopic (exact) mass is 467 g/mol. The zero-order valence-corrected chi connectivity index (χ0v) is 19.5. The molecular weight excluding hydrogens is 440 g/mol. The molecule has 0 saturated heterocycles. The Bertz CT molecular complexity index is 1540. The summed E-state index contributed by atoms with van der Waals surface area (Å²) in [6, 6.07) is 7.29. The van der Waals surface area contributed by atoms with Crippen LogP contribution in [0.1, 0.15) is 0 Å².